The van der Waals surface area contributed by atoms with Crippen LogP contribution in [0.3, 0.4) is 0 Å². The van der Waals surface area contributed by atoms with Gasteiger partial charge in [0, 0.05) is 19.6 Å². The first-order chi connectivity index (χ1) is 15.0. The first kappa shape index (κ1) is 24.5. The van der Waals surface area contributed by atoms with E-state index in [1.54, 1.807) is 12.1 Å². The molecule has 1 heterocycles. The molecule has 9 heteroatoms. The van der Waals surface area contributed by atoms with Crippen molar-refractivity contribution in [3.63, 3.8) is 0 Å². The molecule has 174 valence electrons. The van der Waals surface area contributed by atoms with E-state index in [-0.39, 0.29) is 65.2 Å². The minimum atomic E-state index is -0.410. The van der Waals surface area contributed by atoms with E-state index >= 15 is 0 Å². The molecule has 4 rings (SSSR count). The van der Waals surface area contributed by atoms with Gasteiger partial charge in [-0.05, 0) is 49.8 Å². The molecule has 4 unspecified atom stereocenters. The number of hydrogen-bond donors (Lipinski definition) is 2. The molecule has 0 radical (unpaired) electrons. The Labute approximate surface area is 204 Å². The first-order valence-corrected chi connectivity index (χ1v) is 11.0. The number of rotatable bonds is 8. The number of allylic oxidation sites excluding steroid dienone is 2. The summed E-state index contributed by atoms with van der Waals surface area (Å²) >= 11 is 0. The topological polar surface area (TPSA) is 83.0 Å². The van der Waals surface area contributed by atoms with Gasteiger partial charge in [0.2, 0.25) is 11.8 Å². The summed E-state index contributed by atoms with van der Waals surface area (Å²) in [5, 5.41) is 6.30. The second-order valence-corrected chi connectivity index (χ2v) is 8.15. The summed E-state index contributed by atoms with van der Waals surface area (Å²) < 4.78 is 19.3. The van der Waals surface area contributed by atoms with Crippen LogP contribution in [0.1, 0.15) is 25.8 Å². The Morgan fingerprint density at radius 1 is 1.16 bits per heavy atom. The fourth-order valence-electron chi connectivity index (χ4n) is 4.90. The molecule has 1 aliphatic heterocycles. The van der Waals surface area contributed by atoms with Crippen LogP contribution < -0.4 is 15.4 Å². The average Bonchev–Trinajstić information content (AvgIpc) is 3.43. The third-order valence-electron chi connectivity index (χ3n) is 6.25. The van der Waals surface area contributed by atoms with Crippen LogP contribution in [-0.4, -0.2) is 48.9 Å². The fraction of sp³-hybridized carbons (Fsp3) is 0.522. The second-order valence-electron chi connectivity index (χ2n) is 8.15. The third kappa shape index (κ3) is 4.77. The molecule has 3 aliphatic rings. The van der Waals surface area contributed by atoms with E-state index in [9.17, 15) is 14.0 Å². The maximum absolute atomic E-state index is 14.0. The van der Waals surface area contributed by atoms with Gasteiger partial charge in [0.15, 0.2) is 17.5 Å². The van der Waals surface area contributed by atoms with Gasteiger partial charge in [-0.15, -0.1) is 24.0 Å². The lowest BCUT2D eigenvalue weighted by molar-refractivity contribution is -0.140. The zero-order valence-electron chi connectivity index (χ0n) is 18.3. The van der Waals surface area contributed by atoms with Gasteiger partial charge in [-0.2, -0.15) is 0 Å². The lowest BCUT2D eigenvalue weighted by Crippen LogP contribution is -2.43. The summed E-state index contributed by atoms with van der Waals surface area (Å²) in [6.45, 7) is 5.83. The highest BCUT2D eigenvalue weighted by Gasteiger charge is 2.58. The molecule has 2 amide bonds. The molecule has 0 aromatic heterocycles. The van der Waals surface area contributed by atoms with Crippen LogP contribution in [0, 0.1) is 29.5 Å². The van der Waals surface area contributed by atoms with Crippen molar-refractivity contribution in [2.75, 3.05) is 26.2 Å². The Morgan fingerprint density at radius 2 is 1.84 bits per heavy atom. The first-order valence-electron chi connectivity index (χ1n) is 11.0. The number of fused-ring (bicyclic) bond motifs is 5. The quantitative estimate of drug-likeness (QED) is 0.169. The minimum absolute atomic E-state index is 0. The summed E-state index contributed by atoms with van der Waals surface area (Å²) in [4.78, 5) is 31.4. The molecular formula is C23H30FIN4O3. The summed E-state index contributed by atoms with van der Waals surface area (Å²) in [5.74, 6) is 0.397. The van der Waals surface area contributed by atoms with Gasteiger partial charge >= 0.3 is 0 Å². The van der Waals surface area contributed by atoms with E-state index in [4.69, 9.17) is 4.74 Å². The fourth-order valence-corrected chi connectivity index (χ4v) is 4.90. The number of carbonyl (C=O) groups excluding carboxylic acids is 2. The zero-order chi connectivity index (χ0) is 22.0. The molecule has 2 N–H and O–H groups in total. The summed E-state index contributed by atoms with van der Waals surface area (Å²) in [6.07, 6.45) is 5.12. The third-order valence-corrected chi connectivity index (χ3v) is 6.25. The van der Waals surface area contributed by atoms with Crippen molar-refractivity contribution >= 4 is 41.8 Å². The van der Waals surface area contributed by atoms with Crippen molar-refractivity contribution in [2.45, 2.75) is 26.8 Å². The molecule has 2 fully saturated rings. The Bertz CT molecular complexity index is 893. The molecular weight excluding hydrogens is 526 g/mol. The van der Waals surface area contributed by atoms with E-state index in [0.717, 1.165) is 12.0 Å². The Kier molecular flexibility index (Phi) is 8.13. The molecule has 1 aromatic rings. The van der Waals surface area contributed by atoms with Gasteiger partial charge in [0.05, 0.1) is 25.0 Å². The zero-order valence-corrected chi connectivity index (χ0v) is 20.7. The van der Waals surface area contributed by atoms with Crippen molar-refractivity contribution < 1.29 is 18.7 Å². The van der Waals surface area contributed by atoms with Gasteiger partial charge in [-0.3, -0.25) is 14.5 Å². The van der Waals surface area contributed by atoms with E-state index < -0.39 is 5.82 Å². The van der Waals surface area contributed by atoms with Gasteiger partial charge < -0.3 is 15.4 Å². The number of likely N-dealkylation sites (tertiary alicyclic amines) is 1. The number of halogens is 2. The maximum atomic E-state index is 14.0. The van der Waals surface area contributed by atoms with Gasteiger partial charge in [0.25, 0.3) is 0 Å². The summed E-state index contributed by atoms with van der Waals surface area (Å²) in [5.41, 5.74) is 0.721. The van der Waals surface area contributed by atoms with Crippen molar-refractivity contribution in [3.05, 3.63) is 41.7 Å². The van der Waals surface area contributed by atoms with Crippen molar-refractivity contribution in [1.82, 2.24) is 15.5 Å². The van der Waals surface area contributed by atoms with Crippen LogP contribution in [-0.2, 0) is 16.1 Å². The SMILES string of the molecule is CCNC(=NCc1ccc(OCC)c(F)c1)NCCN1C(=O)C2C3C=CC(C3)C2C1=O.I. The summed E-state index contributed by atoms with van der Waals surface area (Å²) in [7, 11) is 0. The predicted octanol–water partition coefficient (Wildman–Crippen LogP) is 2.70. The smallest absolute Gasteiger partial charge is 0.233 e. The molecule has 1 aromatic carbocycles. The summed E-state index contributed by atoms with van der Waals surface area (Å²) in [6, 6.07) is 4.80. The molecule has 1 saturated carbocycles. The Hall–Kier alpha value is -2.17. The largest absolute Gasteiger partial charge is 0.491 e. The van der Waals surface area contributed by atoms with E-state index in [1.165, 1.54) is 11.0 Å². The highest BCUT2D eigenvalue weighted by molar-refractivity contribution is 14.0. The van der Waals surface area contributed by atoms with Crippen molar-refractivity contribution in [2.24, 2.45) is 28.7 Å². The van der Waals surface area contributed by atoms with Crippen molar-refractivity contribution in [1.29, 1.82) is 0 Å². The molecule has 2 bridgehead atoms. The van der Waals surface area contributed by atoms with Crippen LogP contribution in [0.2, 0.25) is 0 Å². The number of amides is 2. The number of nitrogens with zero attached hydrogens (tertiary/aromatic N) is 2. The lowest BCUT2D eigenvalue weighted by Gasteiger charge is -2.18. The number of imide groups is 1. The van der Waals surface area contributed by atoms with Gasteiger partial charge in [0.1, 0.15) is 0 Å². The van der Waals surface area contributed by atoms with E-state index in [2.05, 4.69) is 27.8 Å². The highest BCUT2D eigenvalue weighted by atomic mass is 127. The number of hydrogen-bond acceptors (Lipinski definition) is 4. The number of carbonyl (C=O) groups is 2. The average molecular weight is 556 g/mol. The highest BCUT2D eigenvalue weighted by Crippen LogP contribution is 2.52. The lowest BCUT2D eigenvalue weighted by atomic mass is 9.85. The molecule has 1 saturated heterocycles. The normalized spacial score (nSPS) is 25.7. The number of aliphatic imine (C=N–C) groups is 1. The number of nitrogens with one attached hydrogen (secondary N) is 2. The van der Waals surface area contributed by atoms with Crippen LogP contribution in [0.4, 0.5) is 4.39 Å². The number of benzene rings is 1. The van der Waals surface area contributed by atoms with Crippen molar-refractivity contribution in [3.8, 4) is 5.75 Å². The van der Waals surface area contributed by atoms with E-state index in [1.807, 2.05) is 13.8 Å². The molecule has 4 atom stereocenters. The Morgan fingerprint density at radius 3 is 2.44 bits per heavy atom. The maximum Gasteiger partial charge on any atom is 0.233 e. The predicted molar refractivity (Wildman–Crippen MR) is 130 cm³/mol. The molecule has 2 aliphatic carbocycles. The van der Waals surface area contributed by atoms with E-state index in [0.29, 0.717) is 38.7 Å². The minimum Gasteiger partial charge on any atom is -0.491 e. The van der Waals surface area contributed by atoms with Gasteiger partial charge in [-0.1, -0.05) is 18.2 Å². The molecule has 32 heavy (non-hydrogen) atoms. The van der Waals surface area contributed by atoms with Crippen LogP contribution >= 0.6 is 24.0 Å². The van der Waals surface area contributed by atoms with Crippen LogP contribution in [0.15, 0.2) is 35.3 Å². The van der Waals surface area contributed by atoms with Crippen LogP contribution in [0.5, 0.6) is 5.75 Å². The number of ether oxygens (including phenoxy) is 1. The molecule has 7 nitrogen and oxygen atoms in total. The number of guanidine groups is 1. The van der Waals surface area contributed by atoms with Crippen LogP contribution in [0.25, 0.3) is 0 Å². The molecule has 0 spiro atoms. The standard InChI is InChI=1S/C23H29FN4O3.HI/c1-3-25-23(27-13-14-5-8-18(31-4-2)17(24)11-14)26-9-10-28-21(29)19-15-6-7-16(12-15)20(19)22(28)30;/h5-8,11,15-16,19-20H,3-4,9-10,12-13H2,1-2H3,(H2,25,26,27);1H. The Balaban J connectivity index is 0.00000289. The van der Waals surface area contributed by atoms with Gasteiger partial charge in [-0.25, -0.2) is 9.38 Å². The second kappa shape index (κ2) is 10.6. The monoisotopic (exact) mass is 556 g/mol.